The Kier molecular flexibility index (Phi) is 4.29. The van der Waals surface area contributed by atoms with E-state index in [9.17, 15) is 0 Å². The first-order valence-electron chi connectivity index (χ1n) is 4.59. The van der Waals surface area contributed by atoms with Gasteiger partial charge in [0.05, 0.1) is 0 Å². The monoisotopic (exact) mass is 179 g/mol. The minimum atomic E-state index is 0.590. The molecule has 3 heteroatoms. The van der Waals surface area contributed by atoms with E-state index >= 15 is 0 Å². The van der Waals surface area contributed by atoms with E-state index in [0.717, 1.165) is 30.8 Å². The zero-order valence-corrected chi connectivity index (χ0v) is 7.79. The summed E-state index contributed by atoms with van der Waals surface area (Å²) in [4.78, 5) is 0. The number of nitrogens with one attached hydrogen (secondary N) is 1. The predicted octanol–water partition coefficient (Wildman–Crippen LogP) is 0.906. The van der Waals surface area contributed by atoms with Crippen LogP contribution in [-0.2, 0) is 6.54 Å². The summed E-state index contributed by atoms with van der Waals surface area (Å²) in [7, 11) is 0. The quantitative estimate of drug-likeness (QED) is 0.589. The van der Waals surface area contributed by atoms with E-state index in [1.165, 1.54) is 0 Å². The minimum absolute atomic E-state index is 0.590. The van der Waals surface area contributed by atoms with Crippen molar-refractivity contribution in [1.82, 2.24) is 0 Å². The van der Waals surface area contributed by atoms with Gasteiger partial charge in [-0.2, -0.15) is 0 Å². The molecule has 5 N–H and O–H groups in total. The highest BCUT2D eigenvalue weighted by molar-refractivity contribution is 5.45. The van der Waals surface area contributed by atoms with Crippen LogP contribution < -0.4 is 16.8 Å². The van der Waals surface area contributed by atoms with Crippen molar-refractivity contribution in [2.75, 3.05) is 18.4 Å². The van der Waals surface area contributed by atoms with Crippen molar-refractivity contribution < 1.29 is 0 Å². The molecular weight excluding hydrogens is 162 g/mol. The van der Waals surface area contributed by atoms with Crippen molar-refractivity contribution in [3.05, 3.63) is 29.8 Å². The fourth-order valence-corrected chi connectivity index (χ4v) is 1.14. The van der Waals surface area contributed by atoms with Crippen LogP contribution in [0.5, 0.6) is 0 Å². The van der Waals surface area contributed by atoms with Crippen LogP contribution in [0.3, 0.4) is 0 Å². The lowest BCUT2D eigenvalue weighted by molar-refractivity contribution is 0.874. The van der Waals surface area contributed by atoms with Crippen molar-refractivity contribution in [2.24, 2.45) is 11.5 Å². The Balaban J connectivity index is 2.46. The van der Waals surface area contributed by atoms with E-state index in [1.54, 1.807) is 0 Å². The second-order valence-corrected chi connectivity index (χ2v) is 2.97. The molecular formula is C10H17N3. The fraction of sp³-hybridized carbons (Fsp3) is 0.400. The Morgan fingerprint density at radius 3 is 2.77 bits per heavy atom. The first kappa shape index (κ1) is 10.0. The van der Waals surface area contributed by atoms with Crippen LogP contribution in [-0.4, -0.2) is 13.1 Å². The summed E-state index contributed by atoms with van der Waals surface area (Å²) >= 11 is 0. The van der Waals surface area contributed by atoms with E-state index in [0.29, 0.717) is 6.54 Å². The van der Waals surface area contributed by atoms with Gasteiger partial charge in [0.2, 0.25) is 0 Å². The van der Waals surface area contributed by atoms with Crippen molar-refractivity contribution in [1.29, 1.82) is 0 Å². The van der Waals surface area contributed by atoms with E-state index in [4.69, 9.17) is 11.5 Å². The summed E-state index contributed by atoms with van der Waals surface area (Å²) < 4.78 is 0. The Hall–Kier alpha value is -1.06. The second-order valence-electron chi connectivity index (χ2n) is 2.97. The average molecular weight is 179 g/mol. The highest BCUT2D eigenvalue weighted by Crippen LogP contribution is 2.09. The number of rotatable bonds is 5. The fourth-order valence-electron chi connectivity index (χ4n) is 1.14. The van der Waals surface area contributed by atoms with Crippen molar-refractivity contribution >= 4 is 5.69 Å². The topological polar surface area (TPSA) is 64.1 Å². The van der Waals surface area contributed by atoms with E-state index < -0.39 is 0 Å². The maximum atomic E-state index is 5.53. The Morgan fingerprint density at radius 1 is 1.23 bits per heavy atom. The minimum Gasteiger partial charge on any atom is -0.385 e. The largest absolute Gasteiger partial charge is 0.385 e. The normalized spacial score (nSPS) is 10.0. The molecule has 0 radical (unpaired) electrons. The lowest BCUT2D eigenvalue weighted by Crippen LogP contribution is -2.08. The van der Waals surface area contributed by atoms with Crippen LogP contribution in [0.15, 0.2) is 24.3 Å². The lowest BCUT2D eigenvalue weighted by Gasteiger charge is -2.06. The summed E-state index contributed by atoms with van der Waals surface area (Å²) in [6, 6.07) is 8.13. The molecule has 0 aromatic heterocycles. The van der Waals surface area contributed by atoms with Crippen LogP contribution >= 0.6 is 0 Å². The highest BCUT2D eigenvalue weighted by atomic mass is 14.9. The maximum Gasteiger partial charge on any atom is 0.0343 e. The van der Waals surface area contributed by atoms with Gasteiger partial charge in [-0.3, -0.25) is 0 Å². The van der Waals surface area contributed by atoms with Crippen molar-refractivity contribution in [2.45, 2.75) is 13.0 Å². The van der Waals surface area contributed by atoms with Crippen LogP contribution in [0.25, 0.3) is 0 Å². The summed E-state index contributed by atoms with van der Waals surface area (Å²) in [5, 5.41) is 3.28. The van der Waals surface area contributed by atoms with Gasteiger partial charge in [-0.1, -0.05) is 12.1 Å². The standard InChI is InChI=1S/C10H17N3/c11-5-2-6-13-10-4-1-3-9(7-10)8-12/h1,3-4,7,13H,2,5-6,8,11-12H2. The van der Waals surface area contributed by atoms with Gasteiger partial charge in [0.25, 0.3) is 0 Å². The van der Waals surface area contributed by atoms with Crippen LogP contribution in [0, 0.1) is 0 Å². The third-order valence-electron chi connectivity index (χ3n) is 1.87. The maximum absolute atomic E-state index is 5.53. The number of hydrogen-bond donors (Lipinski definition) is 3. The molecule has 1 rings (SSSR count). The van der Waals surface area contributed by atoms with Gasteiger partial charge in [0.15, 0.2) is 0 Å². The third-order valence-corrected chi connectivity index (χ3v) is 1.87. The van der Waals surface area contributed by atoms with Crippen molar-refractivity contribution in [3.8, 4) is 0 Å². The molecule has 0 aliphatic rings. The number of anilines is 1. The number of benzene rings is 1. The smallest absolute Gasteiger partial charge is 0.0343 e. The molecule has 1 aromatic rings. The van der Waals surface area contributed by atoms with Gasteiger partial charge in [-0.05, 0) is 30.7 Å². The Bertz CT molecular complexity index is 248. The van der Waals surface area contributed by atoms with Gasteiger partial charge in [-0.15, -0.1) is 0 Å². The molecule has 0 aliphatic heterocycles. The lowest BCUT2D eigenvalue weighted by atomic mass is 10.2. The van der Waals surface area contributed by atoms with Gasteiger partial charge in [0, 0.05) is 18.8 Å². The highest BCUT2D eigenvalue weighted by Gasteiger charge is 1.92. The molecule has 72 valence electrons. The zero-order chi connectivity index (χ0) is 9.52. The van der Waals surface area contributed by atoms with Gasteiger partial charge < -0.3 is 16.8 Å². The molecule has 0 saturated carbocycles. The third kappa shape index (κ3) is 3.44. The first-order chi connectivity index (χ1) is 6.36. The number of hydrogen-bond acceptors (Lipinski definition) is 3. The van der Waals surface area contributed by atoms with Crippen LogP contribution in [0.2, 0.25) is 0 Å². The molecule has 0 unspecified atom stereocenters. The molecule has 0 fully saturated rings. The molecule has 0 heterocycles. The van der Waals surface area contributed by atoms with Crippen LogP contribution in [0.4, 0.5) is 5.69 Å². The molecule has 0 amide bonds. The van der Waals surface area contributed by atoms with Gasteiger partial charge in [0.1, 0.15) is 0 Å². The summed E-state index contributed by atoms with van der Waals surface area (Å²) in [5.41, 5.74) is 13.2. The first-order valence-corrected chi connectivity index (χ1v) is 4.59. The molecule has 0 atom stereocenters. The van der Waals surface area contributed by atoms with E-state index in [-0.39, 0.29) is 0 Å². The predicted molar refractivity (Wildman–Crippen MR) is 56.5 cm³/mol. The second kappa shape index (κ2) is 5.56. The molecule has 13 heavy (non-hydrogen) atoms. The van der Waals surface area contributed by atoms with Gasteiger partial charge >= 0.3 is 0 Å². The van der Waals surface area contributed by atoms with Gasteiger partial charge in [-0.25, -0.2) is 0 Å². The molecule has 0 aliphatic carbocycles. The van der Waals surface area contributed by atoms with Crippen molar-refractivity contribution in [3.63, 3.8) is 0 Å². The molecule has 0 saturated heterocycles. The molecule has 0 spiro atoms. The summed E-state index contributed by atoms with van der Waals surface area (Å²) in [5.74, 6) is 0. The summed E-state index contributed by atoms with van der Waals surface area (Å²) in [6.07, 6.45) is 0.993. The van der Waals surface area contributed by atoms with E-state index in [2.05, 4.69) is 11.4 Å². The average Bonchev–Trinajstić information content (AvgIpc) is 2.19. The molecule has 0 bridgehead atoms. The van der Waals surface area contributed by atoms with E-state index in [1.807, 2.05) is 18.2 Å². The molecule has 1 aromatic carbocycles. The Morgan fingerprint density at radius 2 is 2.08 bits per heavy atom. The SMILES string of the molecule is NCCCNc1cccc(CN)c1. The van der Waals surface area contributed by atoms with Crippen LogP contribution in [0.1, 0.15) is 12.0 Å². The zero-order valence-electron chi connectivity index (χ0n) is 7.79. The molecule has 3 nitrogen and oxygen atoms in total. The Labute approximate surface area is 79.1 Å². The number of nitrogens with two attached hydrogens (primary N) is 2. The summed E-state index contributed by atoms with van der Waals surface area (Å²) in [6.45, 7) is 2.24.